The molecule has 7 heteroatoms. The summed E-state index contributed by atoms with van der Waals surface area (Å²) >= 11 is 0. The Kier molecular flexibility index (Phi) is 3.29. The quantitative estimate of drug-likeness (QED) is 0.916. The Bertz CT molecular complexity index is 786. The van der Waals surface area contributed by atoms with Crippen molar-refractivity contribution >= 4 is 21.4 Å². The van der Waals surface area contributed by atoms with Crippen molar-refractivity contribution in [3.8, 4) is 0 Å². The molecular formula is C14H12F2N2O2S. The molecule has 1 aliphatic rings. The molecule has 2 N–H and O–H groups in total. The molecule has 4 nitrogen and oxygen atoms in total. The maximum absolute atomic E-state index is 13.1. The van der Waals surface area contributed by atoms with Gasteiger partial charge in [-0.1, -0.05) is 0 Å². The average molecular weight is 310 g/mol. The molecule has 3 rings (SSSR count). The number of benzene rings is 2. The number of fused-ring (bicyclic) bond motifs is 1. The van der Waals surface area contributed by atoms with Crippen LogP contribution in [0.3, 0.4) is 0 Å². The molecule has 0 atom stereocenters. The Morgan fingerprint density at radius 1 is 1.05 bits per heavy atom. The Labute approximate surface area is 120 Å². The minimum atomic E-state index is -4.03. The highest BCUT2D eigenvalue weighted by Gasteiger charge is 2.18. The van der Waals surface area contributed by atoms with Crippen molar-refractivity contribution in [2.24, 2.45) is 0 Å². The number of anilines is 2. The zero-order valence-electron chi connectivity index (χ0n) is 10.9. The summed E-state index contributed by atoms with van der Waals surface area (Å²) in [7, 11) is -4.03. The van der Waals surface area contributed by atoms with Crippen molar-refractivity contribution in [2.45, 2.75) is 11.3 Å². The highest BCUT2D eigenvalue weighted by molar-refractivity contribution is 7.92. The zero-order chi connectivity index (χ0) is 15.0. The molecule has 0 saturated heterocycles. The van der Waals surface area contributed by atoms with Crippen molar-refractivity contribution < 1.29 is 17.2 Å². The number of hydrogen-bond donors (Lipinski definition) is 2. The summed E-state index contributed by atoms with van der Waals surface area (Å²) in [6, 6.07) is 7.26. The van der Waals surface area contributed by atoms with Crippen LogP contribution >= 0.6 is 0 Å². The largest absolute Gasteiger partial charge is 0.384 e. The van der Waals surface area contributed by atoms with Crippen LogP contribution in [0.15, 0.2) is 41.3 Å². The Morgan fingerprint density at radius 3 is 2.48 bits per heavy atom. The van der Waals surface area contributed by atoms with Gasteiger partial charge in [-0.25, -0.2) is 17.2 Å². The van der Waals surface area contributed by atoms with Crippen LogP contribution in [0.1, 0.15) is 5.56 Å². The summed E-state index contributed by atoms with van der Waals surface area (Å²) in [5.74, 6) is -1.87. The lowest BCUT2D eigenvalue weighted by atomic mass is 10.1. The number of nitrogens with one attached hydrogen (secondary N) is 2. The standard InChI is InChI=1S/C14H12F2N2O2S/c15-10-6-11(16)8-13(7-10)21(19,20)18-12-1-2-14-9(5-12)3-4-17-14/h1-2,5-8,17-18H,3-4H2. The summed E-state index contributed by atoms with van der Waals surface area (Å²) in [5.41, 5.74) is 2.33. The lowest BCUT2D eigenvalue weighted by molar-refractivity contribution is 0.568. The maximum atomic E-state index is 13.1. The van der Waals surface area contributed by atoms with Gasteiger partial charge in [-0.15, -0.1) is 0 Å². The van der Waals surface area contributed by atoms with Crippen molar-refractivity contribution in [1.82, 2.24) is 0 Å². The first-order valence-corrected chi connectivity index (χ1v) is 7.78. The zero-order valence-corrected chi connectivity index (χ0v) is 11.7. The fourth-order valence-electron chi connectivity index (χ4n) is 2.27. The Hall–Kier alpha value is -2.15. The average Bonchev–Trinajstić information content (AvgIpc) is 2.84. The minimum absolute atomic E-state index is 0.363. The molecule has 0 amide bonds. The highest BCUT2D eigenvalue weighted by atomic mass is 32.2. The van der Waals surface area contributed by atoms with Crippen molar-refractivity contribution in [2.75, 3.05) is 16.6 Å². The van der Waals surface area contributed by atoms with E-state index in [1.54, 1.807) is 18.2 Å². The van der Waals surface area contributed by atoms with Gasteiger partial charge in [0.1, 0.15) is 11.6 Å². The predicted octanol–water partition coefficient (Wildman–Crippen LogP) is 2.73. The molecule has 0 aromatic heterocycles. The molecule has 0 radical (unpaired) electrons. The number of rotatable bonds is 3. The van der Waals surface area contributed by atoms with Crippen LogP contribution in [0.25, 0.3) is 0 Å². The number of hydrogen-bond acceptors (Lipinski definition) is 3. The van der Waals surface area contributed by atoms with Crippen molar-refractivity contribution in [3.63, 3.8) is 0 Å². The normalized spacial score (nSPS) is 13.6. The van der Waals surface area contributed by atoms with Gasteiger partial charge in [-0.2, -0.15) is 0 Å². The third-order valence-electron chi connectivity index (χ3n) is 3.21. The minimum Gasteiger partial charge on any atom is -0.384 e. The molecule has 0 fully saturated rings. The SMILES string of the molecule is O=S(=O)(Nc1ccc2c(c1)CCN2)c1cc(F)cc(F)c1. The van der Waals surface area contributed by atoms with E-state index in [2.05, 4.69) is 10.0 Å². The molecule has 2 aromatic rings. The summed E-state index contributed by atoms with van der Waals surface area (Å²) < 4.78 is 52.9. The van der Waals surface area contributed by atoms with Gasteiger partial charge in [0.15, 0.2) is 0 Å². The molecule has 0 saturated carbocycles. The van der Waals surface area contributed by atoms with Crippen LogP contribution < -0.4 is 10.0 Å². The topological polar surface area (TPSA) is 58.2 Å². The van der Waals surface area contributed by atoms with E-state index >= 15 is 0 Å². The second-order valence-electron chi connectivity index (χ2n) is 4.76. The Balaban J connectivity index is 1.92. The van der Waals surface area contributed by atoms with Gasteiger partial charge in [0.2, 0.25) is 0 Å². The molecule has 0 aliphatic carbocycles. The molecule has 1 aliphatic heterocycles. The van der Waals surface area contributed by atoms with Gasteiger partial charge in [0.05, 0.1) is 4.90 Å². The summed E-state index contributed by atoms with van der Waals surface area (Å²) in [5, 5.41) is 3.16. The van der Waals surface area contributed by atoms with Gasteiger partial charge in [-0.05, 0) is 42.3 Å². The van der Waals surface area contributed by atoms with Crippen molar-refractivity contribution in [1.29, 1.82) is 0 Å². The summed E-state index contributed by atoms with van der Waals surface area (Å²) in [6.45, 7) is 0.806. The van der Waals surface area contributed by atoms with Crippen LogP contribution in [-0.2, 0) is 16.4 Å². The third-order valence-corrected chi connectivity index (χ3v) is 4.57. The molecule has 0 bridgehead atoms. The first kappa shape index (κ1) is 13.8. The lowest BCUT2D eigenvalue weighted by Gasteiger charge is -2.10. The molecule has 1 heterocycles. The van der Waals surface area contributed by atoms with Gasteiger partial charge in [-0.3, -0.25) is 4.72 Å². The number of halogens is 2. The molecule has 21 heavy (non-hydrogen) atoms. The fourth-order valence-corrected chi connectivity index (χ4v) is 3.36. The van der Waals surface area contributed by atoms with E-state index in [0.29, 0.717) is 11.8 Å². The van der Waals surface area contributed by atoms with Gasteiger partial charge in [0.25, 0.3) is 10.0 Å². The van der Waals surface area contributed by atoms with Crippen LogP contribution in [0.5, 0.6) is 0 Å². The first-order chi connectivity index (χ1) is 9.94. The van der Waals surface area contributed by atoms with Gasteiger partial charge in [0, 0.05) is 24.0 Å². The lowest BCUT2D eigenvalue weighted by Crippen LogP contribution is -2.13. The first-order valence-electron chi connectivity index (χ1n) is 6.30. The van der Waals surface area contributed by atoms with E-state index < -0.39 is 26.6 Å². The van der Waals surface area contributed by atoms with Crippen LogP contribution in [-0.4, -0.2) is 15.0 Å². The second-order valence-corrected chi connectivity index (χ2v) is 6.44. The van der Waals surface area contributed by atoms with Crippen molar-refractivity contribution in [3.05, 3.63) is 53.6 Å². The predicted molar refractivity (Wildman–Crippen MR) is 75.8 cm³/mol. The third kappa shape index (κ3) is 2.82. The molecule has 0 unspecified atom stereocenters. The van der Waals surface area contributed by atoms with Gasteiger partial charge >= 0.3 is 0 Å². The van der Waals surface area contributed by atoms with E-state index in [1.165, 1.54) is 0 Å². The fraction of sp³-hybridized carbons (Fsp3) is 0.143. The number of sulfonamides is 1. The van der Waals surface area contributed by atoms with Crippen LogP contribution in [0, 0.1) is 11.6 Å². The molecule has 110 valence electrons. The van der Waals surface area contributed by atoms with E-state index in [-0.39, 0.29) is 0 Å². The molecule has 0 spiro atoms. The Morgan fingerprint density at radius 2 is 1.76 bits per heavy atom. The molecule has 2 aromatic carbocycles. The van der Waals surface area contributed by atoms with E-state index in [1.807, 2.05) is 0 Å². The van der Waals surface area contributed by atoms with Crippen LogP contribution in [0.2, 0.25) is 0 Å². The van der Waals surface area contributed by atoms with Gasteiger partial charge < -0.3 is 5.32 Å². The summed E-state index contributed by atoms with van der Waals surface area (Å²) in [4.78, 5) is -0.446. The van der Waals surface area contributed by atoms with Crippen LogP contribution in [0.4, 0.5) is 20.2 Å². The van der Waals surface area contributed by atoms with E-state index in [0.717, 1.165) is 36.3 Å². The summed E-state index contributed by atoms with van der Waals surface area (Å²) in [6.07, 6.45) is 0.805. The van der Waals surface area contributed by atoms with E-state index in [4.69, 9.17) is 0 Å². The van der Waals surface area contributed by atoms with E-state index in [9.17, 15) is 17.2 Å². The maximum Gasteiger partial charge on any atom is 0.262 e. The highest BCUT2D eigenvalue weighted by Crippen LogP contribution is 2.26. The molecular weight excluding hydrogens is 298 g/mol. The second kappa shape index (κ2) is 5.00. The smallest absolute Gasteiger partial charge is 0.262 e. The monoisotopic (exact) mass is 310 g/mol.